The lowest BCUT2D eigenvalue weighted by atomic mass is 10.0. The van der Waals surface area contributed by atoms with E-state index in [9.17, 15) is 13.2 Å². The van der Waals surface area contributed by atoms with E-state index in [1.165, 1.54) is 43.9 Å². The molecule has 3 rings (SSSR count). The van der Waals surface area contributed by atoms with Crippen LogP contribution >= 0.6 is 0 Å². The minimum atomic E-state index is -3.97. The van der Waals surface area contributed by atoms with Gasteiger partial charge in [-0.25, -0.2) is 13.2 Å². The van der Waals surface area contributed by atoms with Gasteiger partial charge in [0.2, 0.25) is 10.0 Å². The number of benzene rings is 1. The van der Waals surface area contributed by atoms with Gasteiger partial charge in [-0.3, -0.25) is 0 Å². The molecule has 2 fully saturated rings. The molecule has 2 aliphatic rings. The Morgan fingerprint density at radius 1 is 1.13 bits per heavy atom. The minimum Gasteiger partial charge on any atom is -0.493 e. The van der Waals surface area contributed by atoms with Crippen molar-refractivity contribution in [3.63, 3.8) is 0 Å². The Kier molecular flexibility index (Phi) is 7.35. The van der Waals surface area contributed by atoms with E-state index in [4.69, 9.17) is 18.9 Å². The van der Waals surface area contributed by atoms with E-state index in [0.717, 1.165) is 12.8 Å². The topological polar surface area (TPSA) is 101 Å². The van der Waals surface area contributed by atoms with Crippen molar-refractivity contribution in [2.24, 2.45) is 0 Å². The largest absolute Gasteiger partial charge is 0.493 e. The summed E-state index contributed by atoms with van der Waals surface area (Å²) in [5, 5.41) is 0. The van der Waals surface area contributed by atoms with Crippen molar-refractivity contribution in [1.82, 2.24) is 4.31 Å². The van der Waals surface area contributed by atoms with Gasteiger partial charge in [0.1, 0.15) is 4.90 Å². The molecule has 0 spiro atoms. The second-order valence-electron chi connectivity index (χ2n) is 6.90. The van der Waals surface area contributed by atoms with E-state index in [1.807, 2.05) is 0 Å². The molecule has 0 N–H and O–H groups in total. The predicted octanol–water partition coefficient (Wildman–Crippen LogP) is 1.81. The molecule has 10 heteroatoms. The number of carbonyl (C=O) groups excluding carboxylic acids is 1. The van der Waals surface area contributed by atoms with Crippen molar-refractivity contribution in [2.45, 2.75) is 36.5 Å². The standard InChI is InChI=1S/C20H27NO8S/c1-25-16-12-14(7-8-18(22)26-2)13-17(19(16)27-3)30(23,24)21-9-5-4-6-15(21)20-28-10-11-29-20/h7-8,12-13,15,20H,4-6,9-11H2,1-3H3/b8-7+. The quantitative estimate of drug-likeness (QED) is 0.467. The molecule has 166 valence electrons. The molecule has 0 aromatic heterocycles. The molecule has 0 bridgehead atoms. The Morgan fingerprint density at radius 3 is 2.50 bits per heavy atom. The number of ether oxygens (including phenoxy) is 5. The first kappa shape index (κ1) is 22.5. The van der Waals surface area contributed by atoms with Gasteiger partial charge in [0, 0.05) is 12.6 Å². The number of carbonyl (C=O) groups is 1. The highest BCUT2D eigenvalue weighted by atomic mass is 32.2. The second kappa shape index (κ2) is 9.78. The molecule has 30 heavy (non-hydrogen) atoms. The highest BCUT2D eigenvalue weighted by molar-refractivity contribution is 7.89. The van der Waals surface area contributed by atoms with Crippen LogP contribution in [-0.2, 0) is 29.0 Å². The van der Waals surface area contributed by atoms with Gasteiger partial charge < -0.3 is 23.7 Å². The van der Waals surface area contributed by atoms with Crippen LogP contribution in [0.15, 0.2) is 23.1 Å². The highest BCUT2D eigenvalue weighted by Crippen LogP contribution is 2.39. The molecule has 1 atom stereocenters. The fourth-order valence-electron chi connectivity index (χ4n) is 3.70. The van der Waals surface area contributed by atoms with Gasteiger partial charge in [-0.2, -0.15) is 4.31 Å². The van der Waals surface area contributed by atoms with Crippen LogP contribution in [0.5, 0.6) is 11.5 Å². The molecular weight excluding hydrogens is 414 g/mol. The van der Waals surface area contributed by atoms with Gasteiger partial charge in [-0.15, -0.1) is 0 Å². The number of hydrogen-bond acceptors (Lipinski definition) is 8. The van der Waals surface area contributed by atoms with Crippen LogP contribution in [0.25, 0.3) is 6.08 Å². The third-order valence-electron chi connectivity index (χ3n) is 5.13. The molecule has 2 aliphatic heterocycles. The van der Waals surface area contributed by atoms with Gasteiger partial charge >= 0.3 is 5.97 Å². The minimum absolute atomic E-state index is 0.0428. The summed E-state index contributed by atoms with van der Waals surface area (Å²) in [7, 11) is 0.102. The maximum atomic E-state index is 13.7. The summed E-state index contributed by atoms with van der Waals surface area (Å²) in [4.78, 5) is 11.4. The smallest absolute Gasteiger partial charge is 0.330 e. The van der Waals surface area contributed by atoms with Gasteiger partial charge in [-0.05, 0) is 36.6 Å². The first-order valence-electron chi connectivity index (χ1n) is 9.69. The van der Waals surface area contributed by atoms with Crippen molar-refractivity contribution in [1.29, 1.82) is 0 Å². The molecule has 1 unspecified atom stereocenters. The first-order chi connectivity index (χ1) is 14.4. The summed E-state index contributed by atoms with van der Waals surface area (Å²) in [5.74, 6) is -0.212. The second-order valence-corrected chi connectivity index (χ2v) is 8.76. The maximum absolute atomic E-state index is 13.7. The zero-order valence-electron chi connectivity index (χ0n) is 17.3. The van der Waals surface area contributed by atoms with Crippen molar-refractivity contribution in [3.05, 3.63) is 23.8 Å². The first-order valence-corrected chi connectivity index (χ1v) is 11.1. The van der Waals surface area contributed by atoms with E-state index >= 15 is 0 Å². The van der Waals surface area contributed by atoms with Gasteiger partial charge in [0.05, 0.1) is 40.6 Å². The van der Waals surface area contributed by atoms with E-state index in [0.29, 0.717) is 31.7 Å². The fraction of sp³-hybridized carbons (Fsp3) is 0.550. The Balaban J connectivity index is 2.06. The normalized spacial score (nSPS) is 21.1. The Labute approximate surface area is 176 Å². The van der Waals surface area contributed by atoms with Crippen LogP contribution in [0.4, 0.5) is 0 Å². The molecule has 0 saturated carbocycles. The monoisotopic (exact) mass is 441 g/mol. The zero-order chi connectivity index (χ0) is 21.7. The fourth-order valence-corrected chi connectivity index (χ4v) is 5.58. The van der Waals surface area contributed by atoms with E-state index in [2.05, 4.69) is 4.74 Å². The van der Waals surface area contributed by atoms with Crippen LogP contribution in [0.3, 0.4) is 0 Å². The van der Waals surface area contributed by atoms with Gasteiger partial charge in [0.15, 0.2) is 17.8 Å². The number of hydrogen-bond donors (Lipinski definition) is 0. The Bertz CT molecular complexity index is 892. The average Bonchev–Trinajstić information content (AvgIpc) is 3.31. The average molecular weight is 442 g/mol. The number of piperidine rings is 1. The van der Waals surface area contributed by atoms with E-state index < -0.39 is 28.3 Å². The van der Waals surface area contributed by atoms with Crippen molar-refractivity contribution in [2.75, 3.05) is 41.1 Å². The third kappa shape index (κ3) is 4.61. The molecule has 1 aromatic carbocycles. The maximum Gasteiger partial charge on any atom is 0.330 e. The number of rotatable bonds is 7. The SMILES string of the molecule is COC(=O)/C=C/c1cc(OC)c(OC)c(S(=O)(=O)N2CCCCC2C2OCCO2)c1. The van der Waals surface area contributed by atoms with Crippen LogP contribution in [-0.4, -0.2) is 72.1 Å². The zero-order valence-corrected chi connectivity index (χ0v) is 18.1. The molecule has 0 aliphatic carbocycles. The molecule has 0 radical (unpaired) electrons. The summed E-state index contributed by atoms with van der Waals surface area (Å²) in [6.45, 7) is 1.24. The van der Waals surface area contributed by atoms with Crippen molar-refractivity contribution < 1.29 is 36.9 Å². The predicted molar refractivity (Wildman–Crippen MR) is 108 cm³/mol. The Morgan fingerprint density at radius 2 is 1.87 bits per heavy atom. The lowest BCUT2D eigenvalue weighted by Gasteiger charge is -2.37. The van der Waals surface area contributed by atoms with E-state index in [-0.39, 0.29) is 16.4 Å². The summed E-state index contributed by atoms with van der Waals surface area (Å²) in [6, 6.07) is 2.63. The summed E-state index contributed by atoms with van der Waals surface area (Å²) < 4.78 is 55.4. The van der Waals surface area contributed by atoms with Gasteiger partial charge in [0.25, 0.3) is 0 Å². The number of sulfonamides is 1. The molecule has 9 nitrogen and oxygen atoms in total. The van der Waals surface area contributed by atoms with E-state index in [1.54, 1.807) is 6.07 Å². The third-order valence-corrected chi connectivity index (χ3v) is 7.06. The number of nitrogens with zero attached hydrogens (tertiary/aromatic N) is 1. The van der Waals surface area contributed by atoms with Crippen LogP contribution < -0.4 is 9.47 Å². The Hall–Kier alpha value is -2.14. The number of esters is 1. The summed E-state index contributed by atoms with van der Waals surface area (Å²) in [5.41, 5.74) is 0.457. The lowest BCUT2D eigenvalue weighted by molar-refractivity contribution is -0.134. The molecule has 2 saturated heterocycles. The summed E-state index contributed by atoms with van der Waals surface area (Å²) in [6.07, 6.45) is 4.36. The molecular formula is C20H27NO8S. The lowest BCUT2D eigenvalue weighted by Crippen LogP contribution is -2.50. The highest BCUT2D eigenvalue weighted by Gasteiger charge is 2.42. The molecule has 2 heterocycles. The van der Waals surface area contributed by atoms with Crippen molar-refractivity contribution in [3.8, 4) is 11.5 Å². The van der Waals surface area contributed by atoms with Crippen molar-refractivity contribution >= 4 is 22.1 Å². The molecule has 1 aromatic rings. The number of methoxy groups -OCH3 is 3. The van der Waals surface area contributed by atoms with Crippen LogP contribution in [0, 0.1) is 0 Å². The summed E-state index contributed by atoms with van der Waals surface area (Å²) >= 11 is 0. The molecule has 0 amide bonds. The van der Waals surface area contributed by atoms with Crippen LogP contribution in [0.1, 0.15) is 24.8 Å². The van der Waals surface area contributed by atoms with Gasteiger partial charge in [-0.1, -0.05) is 6.42 Å². The van der Waals surface area contributed by atoms with Crippen LogP contribution in [0.2, 0.25) is 0 Å².